The minimum Gasteiger partial charge on any atom is -0.394 e. The first kappa shape index (κ1) is 14.9. The second-order valence-electron chi connectivity index (χ2n) is 4.25. The summed E-state index contributed by atoms with van der Waals surface area (Å²) < 4.78 is 36.8. The summed E-state index contributed by atoms with van der Waals surface area (Å²) in [6, 6.07) is 0. The van der Waals surface area contributed by atoms with Crippen molar-refractivity contribution in [3.8, 4) is 0 Å². The van der Waals surface area contributed by atoms with Crippen LogP contribution in [-0.4, -0.2) is 51.5 Å². The van der Waals surface area contributed by atoms with Gasteiger partial charge in [0.25, 0.3) is 5.56 Å². The molecule has 0 amide bonds. The number of aromatic nitrogens is 2. The highest BCUT2D eigenvalue weighted by Gasteiger charge is 2.35. The van der Waals surface area contributed by atoms with Crippen LogP contribution in [0.25, 0.3) is 0 Å². The number of aromatic amines is 1. The van der Waals surface area contributed by atoms with Crippen molar-refractivity contribution in [2.24, 2.45) is 0 Å². The maximum atomic E-state index is 11.6. The molecule has 1 fully saturated rings. The molecule has 0 aromatic carbocycles. The largest absolute Gasteiger partial charge is 0.394 e. The Bertz CT molecular complexity index is 720. The van der Waals surface area contributed by atoms with Crippen LogP contribution in [0.1, 0.15) is 12.6 Å². The maximum Gasteiger partial charge on any atom is 0.330 e. The summed E-state index contributed by atoms with van der Waals surface area (Å²) in [5.41, 5.74) is -2.22. The van der Waals surface area contributed by atoms with E-state index in [0.717, 1.165) is 4.57 Å². The van der Waals surface area contributed by atoms with Gasteiger partial charge in [-0.15, -0.1) is 0 Å². The van der Waals surface area contributed by atoms with Crippen molar-refractivity contribution in [3.63, 3.8) is 0 Å². The molecule has 3 atom stereocenters. The fraction of sp³-hybridized carbons (Fsp3) is 0.556. The van der Waals surface area contributed by atoms with Gasteiger partial charge in [-0.1, -0.05) is 0 Å². The van der Waals surface area contributed by atoms with Crippen LogP contribution in [0.15, 0.2) is 20.7 Å². The van der Waals surface area contributed by atoms with Crippen LogP contribution in [0.4, 0.5) is 0 Å². The van der Waals surface area contributed by atoms with Crippen LogP contribution in [-0.2, 0) is 14.9 Å². The van der Waals surface area contributed by atoms with Crippen LogP contribution < -0.4 is 11.2 Å². The van der Waals surface area contributed by atoms with Gasteiger partial charge in [-0.2, -0.15) is 8.42 Å². The molecule has 1 aliphatic rings. The summed E-state index contributed by atoms with van der Waals surface area (Å²) in [4.78, 5) is 23.6. The van der Waals surface area contributed by atoms with E-state index >= 15 is 0 Å². The SMILES string of the molecule is O=c1[nH]c(=O)n([C@H]2C[C@H](O)[C@@H](CO)O2)cc1S(=O)(=O)O. The van der Waals surface area contributed by atoms with Gasteiger partial charge >= 0.3 is 15.8 Å². The molecule has 1 aromatic heterocycles. The number of hydrogen-bond acceptors (Lipinski definition) is 7. The van der Waals surface area contributed by atoms with E-state index in [1.807, 2.05) is 0 Å². The van der Waals surface area contributed by atoms with Crippen molar-refractivity contribution in [1.82, 2.24) is 9.55 Å². The number of nitrogens with one attached hydrogen (secondary N) is 1. The highest BCUT2D eigenvalue weighted by atomic mass is 32.2. The van der Waals surface area contributed by atoms with Gasteiger partial charge < -0.3 is 14.9 Å². The third-order valence-corrected chi connectivity index (χ3v) is 3.75. The number of aliphatic hydroxyl groups excluding tert-OH is 2. The van der Waals surface area contributed by atoms with Crippen molar-refractivity contribution in [2.45, 2.75) is 29.8 Å². The van der Waals surface area contributed by atoms with Crippen molar-refractivity contribution < 1.29 is 27.9 Å². The van der Waals surface area contributed by atoms with Gasteiger partial charge in [0.05, 0.1) is 12.7 Å². The Balaban J connectivity index is 2.49. The molecule has 1 saturated heterocycles. The fourth-order valence-electron chi connectivity index (χ4n) is 1.91. The number of ether oxygens (including phenoxy) is 1. The Hall–Kier alpha value is -1.53. The lowest BCUT2D eigenvalue weighted by molar-refractivity contribution is -0.0461. The van der Waals surface area contributed by atoms with Gasteiger partial charge in [0.1, 0.15) is 12.3 Å². The predicted molar refractivity (Wildman–Crippen MR) is 62.8 cm³/mol. The molecule has 11 heteroatoms. The van der Waals surface area contributed by atoms with Gasteiger partial charge in [-0.25, -0.2) is 4.79 Å². The number of nitrogens with zero attached hydrogens (tertiary/aromatic N) is 1. The fourth-order valence-corrected chi connectivity index (χ4v) is 2.45. The normalized spacial score (nSPS) is 26.9. The lowest BCUT2D eigenvalue weighted by Crippen LogP contribution is -2.35. The molecule has 0 aliphatic carbocycles. The van der Waals surface area contributed by atoms with E-state index in [9.17, 15) is 23.1 Å². The molecular formula is C9H12N2O8S. The minimum absolute atomic E-state index is 0.0813. The van der Waals surface area contributed by atoms with Gasteiger partial charge in [-0.05, 0) is 0 Å². The monoisotopic (exact) mass is 308 g/mol. The van der Waals surface area contributed by atoms with Crippen LogP contribution in [0.2, 0.25) is 0 Å². The molecule has 1 aliphatic heterocycles. The third kappa shape index (κ3) is 2.66. The molecule has 0 spiro atoms. The van der Waals surface area contributed by atoms with Gasteiger partial charge in [0.15, 0.2) is 4.90 Å². The Labute approximate surface area is 112 Å². The van der Waals surface area contributed by atoms with Crippen molar-refractivity contribution in [3.05, 3.63) is 27.0 Å². The highest BCUT2D eigenvalue weighted by Crippen LogP contribution is 2.27. The third-order valence-electron chi connectivity index (χ3n) is 2.91. The Morgan fingerprint density at radius 1 is 1.45 bits per heavy atom. The summed E-state index contributed by atoms with van der Waals surface area (Å²) in [5, 5.41) is 18.5. The summed E-state index contributed by atoms with van der Waals surface area (Å²) in [5.74, 6) is 0. The van der Waals surface area contributed by atoms with Crippen LogP contribution in [0.3, 0.4) is 0 Å². The van der Waals surface area contributed by atoms with E-state index in [4.69, 9.17) is 14.4 Å². The van der Waals surface area contributed by atoms with E-state index in [-0.39, 0.29) is 6.42 Å². The maximum absolute atomic E-state index is 11.6. The summed E-state index contributed by atoms with van der Waals surface area (Å²) >= 11 is 0. The average molecular weight is 308 g/mol. The molecule has 2 rings (SSSR count). The van der Waals surface area contributed by atoms with Gasteiger partial charge in [-0.3, -0.25) is 18.9 Å². The molecule has 2 heterocycles. The number of H-pyrrole nitrogens is 1. The molecule has 112 valence electrons. The van der Waals surface area contributed by atoms with Crippen LogP contribution in [0, 0.1) is 0 Å². The summed E-state index contributed by atoms with van der Waals surface area (Å²) in [7, 11) is -4.81. The molecule has 0 radical (unpaired) electrons. The molecule has 10 nitrogen and oxygen atoms in total. The van der Waals surface area contributed by atoms with Gasteiger partial charge in [0, 0.05) is 12.6 Å². The predicted octanol–water partition coefficient (Wildman–Crippen LogP) is -2.58. The summed E-state index contributed by atoms with van der Waals surface area (Å²) in [6.45, 7) is -0.485. The Morgan fingerprint density at radius 3 is 2.60 bits per heavy atom. The standard InChI is InChI=1S/C9H12N2O8S/c12-3-5-4(13)1-7(19-5)11-2-6(20(16,17)18)8(14)10-9(11)15/h2,4-5,7,12-13H,1,3H2,(H,10,14,15)(H,16,17,18)/t4-,5+,7+/m0/s1. The highest BCUT2D eigenvalue weighted by molar-refractivity contribution is 7.85. The molecule has 0 unspecified atom stereocenters. The number of aliphatic hydroxyl groups is 2. The molecule has 0 bridgehead atoms. The summed E-state index contributed by atoms with van der Waals surface area (Å²) in [6.07, 6.45) is -2.48. The zero-order valence-corrected chi connectivity index (χ0v) is 10.8. The average Bonchev–Trinajstić information content (AvgIpc) is 2.68. The first-order valence-electron chi connectivity index (χ1n) is 5.51. The van der Waals surface area contributed by atoms with Crippen molar-refractivity contribution >= 4 is 10.1 Å². The van der Waals surface area contributed by atoms with Crippen LogP contribution >= 0.6 is 0 Å². The van der Waals surface area contributed by atoms with E-state index in [2.05, 4.69) is 0 Å². The topological polar surface area (TPSA) is 159 Å². The van der Waals surface area contributed by atoms with Gasteiger partial charge in [0.2, 0.25) is 0 Å². The molecular weight excluding hydrogens is 296 g/mol. The zero-order valence-electron chi connectivity index (χ0n) is 9.96. The molecule has 0 saturated carbocycles. The van der Waals surface area contributed by atoms with Crippen molar-refractivity contribution in [2.75, 3.05) is 6.61 Å². The second kappa shape index (κ2) is 5.10. The molecule has 1 aromatic rings. The lowest BCUT2D eigenvalue weighted by atomic mass is 10.2. The van der Waals surface area contributed by atoms with E-state index in [1.54, 1.807) is 4.98 Å². The van der Waals surface area contributed by atoms with E-state index < -0.39 is 51.3 Å². The Morgan fingerprint density at radius 2 is 2.10 bits per heavy atom. The lowest BCUT2D eigenvalue weighted by Gasteiger charge is -2.14. The number of hydrogen-bond donors (Lipinski definition) is 4. The number of rotatable bonds is 3. The van der Waals surface area contributed by atoms with Crippen molar-refractivity contribution in [1.29, 1.82) is 0 Å². The first-order chi connectivity index (χ1) is 9.24. The van der Waals surface area contributed by atoms with Crippen LogP contribution in [0.5, 0.6) is 0 Å². The molecule has 20 heavy (non-hydrogen) atoms. The smallest absolute Gasteiger partial charge is 0.330 e. The minimum atomic E-state index is -4.81. The second-order valence-corrected chi connectivity index (χ2v) is 5.64. The first-order valence-corrected chi connectivity index (χ1v) is 6.95. The zero-order chi connectivity index (χ0) is 15.1. The van der Waals surface area contributed by atoms with E-state index in [1.165, 1.54) is 0 Å². The molecule has 4 N–H and O–H groups in total. The quantitative estimate of drug-likeness (QED) is 0.443. The van der Waals surface area contributed by atoms with E-state index in [0.29, 0.717) is 6.20 Å². The Kier molecular flexibility index (Phi) is 3.80.